The molecule has 0 unspecified atom stereocenters. The zero-order valence-corrected chi connectivity index (χ0v) is 22.1. The molecule has 2 aromatic carbocycles. The van der Waals surface area contributed by atoms with Gasteiger partial charge in [0.25, 0.3) is 5.91 Å². The van der Waals surface area contributed by atoms with Crippen LogP contribution in [-0.4, -0.2) is 27.5 Å². The van der Waals surface area contributed by atoms with Gasteiger partial charge in [-0.05, 0) is 72.2 Å². The van der Waals surface area contributed by atoms with E-state index in [0.29, 0.717) is 34.3 Å². The first-order valence-corrected chi connectivity index (χ1v) is 11.8. The molecule has 1 amide bonds. The summed E-state index contributed by atoms with van der Waals surface area (Å²) in [6, 6.07) is 15.5. The third-order valence-corrected chi connectivity index (χ3v) is 6.87. The number of aliphatic carboxylic acids is 1. The Hall–Kier alpha value is -3.33. The second-order valence-corrected chi connectivity index (χ2v) is 9.42. The number of benzene rings is 2. The van der Waals surface area contributed by atoms with E-state index in [0.717, 1.165) is 18.4 Å². The molecule has 0 saturated heterocycles. The van der Waals surface area contributed by atoms with Crippen molar-refractivity contribution in [2.45, 2.75) is 31.2 Å². The van der Waals surface area contributed by atoms with Crippen molar-refractivity contribution in [3.05, 3.63) is 94.2 Å². The topological polar surface area (TPSA) is 104 Å². The molecule has 0 bridgehead atoms. The molecule has 180 valence electrons. The molecule has 0 spiro atoms. The van der Waals surface area contributed by atoms with E-state index < -0.39 is 23.6 Å². The normalized spacial score (nSPS) is 18.2. The summed E-state index contributed by atoms with van der Waals surface area (Å²) in [5, 5.41) is 14.3. The summed E-state index contributed by atoms with van der Waals surface area (Å²) in [6.45, 7) is 0. The van der Waals surface area contributed by atoms with Crippen molar-refractivity contribution >= 4 is 22.9 Å². The minimum atomic E-state index is -1.15. The van der Waals surface area contributed by atoms with E-state index in [-0.39, 0.29) is 52.5 Å². The minimum Gasteiger partial charge on any atom is -0.550 e. The van der Waals surface area contributed by atoms with E-state index in [2.05, 4.69) is 10.3 Å². The number of pyridine rings is 2. The number of aromatic nitrogens is 2. The van der Waals surface area contributed by atoms with Gasteiger partial charge in [0.05, 0.1) is 5.39 Å². The zero-order valence-electron chi connectivity index (χ0n) is 20.1. The second-order valence-electron chi connectivity index (χ2n) is 9.42. The van der Waals surface area contributed by atoms with Gasteiger partial charge in [-0.1, -0.05) is 24.3 Å². The van der Waals surface area contributed by atoms with Crippen LogP contribution in [0.3, 0.4) is 0 Å². The van der Waals surface area contributed by atoms with E-state index in [4.69, 9.17) is 0 Å². The van der Waals surface area contributed by atoms with Crippen molar-refractivity contribution in [1.29, 1.82) is 0 Å². The maximum absolute atomic E-state index is 14.9. The van der Waals surface area contributed by atoms with E-state index in [1.54, 1.807) is 41.1 Å². The summed E-state index contributed by atoms with van der Waals surface area (Å²) in [4.78, 5) is 41.3. The zero-order chi connectivity index (χ0) is 25.0. The predicted molar refractivity (Wildman–Crippen MR) is 129 cm³/mol. The van der Waals surface area contributed by atoms with Crippen LogP contribution in [0.5, 0.6) is 0 Å². The van der Waals surface area contributed by atoms with Crippen LogP contribution in [0.1, 0.15) is 41.1 Å². The quantitative estimate of drug-likeness (QED) is 0.370. The molecule has 2 saturated carbocycles. The molecule has 4 aromatic rings. The van der Waals surface area contributed by atoms with Crippen molar-refractivity contribution in [1.82, 2.24) is 14.9 Å². The summed E-state index contributed by atoms with van der Waals surface area (Å²) < 4.78 is 16.6. The fourth-order valence-corrected chi connectivity index (χ4v) is 4.65. The number of carboxylic acid groups (broad SMARTS) is 1. The Bertz CT molecular complexity index is 1620. The molecular formula is C28H21FN3NaO4. The van der Waals surface area contributed by atoms with Gasteiger partial charge >= 0.3 is 29.6 Å². The number of halogens is 1. The molecule has 7 nitrogen and oxygen atoms in total. The van der Waals surface area contributed by atoms with Crippen molar-refractivity contribution in [2.75, 3.05) is 0 Å². The largest absolute Gasteiger partial charge is 1.00 e. The SMILES string of the molecule is O=C(NC1CC1)c1cn(-c2cccc(-c3ccc([C@@H]4C[C@H]4C(=O)[O-])c(F)c3)c2)c2ncccc2c1=O.[Na+]. The fourth-order valence-electron chi connectivity index (χ4n) is 4.65. The number of nitrogens with zero attached hydrogens (tertiary/aromatic N) is 2. The van der Waals surface area contributed by atoms with Crippen LogP contribution < -0.4 is 45.4 Å². The number of hydrogen-bond acceptors (Lipinski definition) is 5. The number of fused-ring (bicyclic) bond motifs is 1. The average molecular weight is 505 g/mol. The Morgan fingerprint density at radius 3 is 2.54 bits per heavy atom. The maximum atomic E-state index is 14.9. The number of carbonyl (C=O) groups excluding carboxylic acids is 2. The third-order valence-electron chi connectivity index (χ3n) is 6.87. The summed E-state index contributed by atoms with van der Waals surface area (Å²) in [6.07, 6.45) is 5.28. The van der Waals surface area contributed by atoms with Crippen LogP contribution in [-0.2, 0) is 4.79 Å². The standard InChI is InChI=1S/C28H22FN3O4.Na/c29-24-12-16(6-9-19(24)21-13-22(21)28(35)36)15-3-1-4-18(11-15)32-14-23(27(34)31-17-7-8-17)25(33)20-5-2-10-30-26(20)32;/h1-6,9-12,14,17,21-22H,7-8,13H2,(H,31,34)(H,35,36);/q;+1/p-1/t21-,22+;/m0./s1. The molecule has 0 radical (unpaired) electrons. The molecule has 1 N–H and O–H groups in total. The minimum absolute atomic E-state index is 0. The van der Waals surface area contributed by atoms with Crippen LogP contribution in [0.25, 0.3) is 27.8 Å². The second kappa shape index (κ2) is 9.85. The Morgan fingerprint density at radius 2 is 1.84 bits per heavy atom. The molecule has 2 fully saturated rings. The van der Waals surface area contributed by atoms with Crippen LogP contribution >= 0.6 is 0 Å². The van der Waals surface area contributed by atoms with E-state index >= 15 is 0 Å². The molecule has 2 heterocycles. The van der Waals surface area contributed by atoms with Gasteiger partial charge in [-0.25, -0.2) is 9.37 Å². The molecule has 2 atom stereocenters. The summed E-state index contributed by atoms with van der Waals surface area (Å²) in [7, 11) is 0. The van der Waals surface area contributed by atoms with Crippen LogP contribution in [0.15, 0.2) is 71.8 Å². The first kappa shape index (κ1) is 25.3. The van der Waals surface area contributed by atoms with Crippen LogP contribution in [0.4, 0.5) is 4.39 Å². The first-order chi connectivity index (χ1) is 17.4. The Balaban J connectivity index is 0.00000280. The fraction of sp³-hybridized carbons (Fsp3) is 0.214. The predicted octanol–water partition coefficient (Wildman–Crippen LogP) is -0.0586. The summed E-state index contributed by atoms with van der Waals surface area (Å²) in [5.41, 5.74) is 2.44. The van der Waals surface area contributed by atoms with Gasteiger partial charge in [-0.15, -0.1) is 0 Å². The smallest absolute Gasteiger partial charge is 0.550 e. The Kier molecular flexibility index (Phi) is 6.74. The van der Waals surface area contributed by atoms with Crippen LogP contribution in [0.2, 0.25) is 0 Å². The number of amides is 1. The molecule has 2 aliphatic carbocycles. The van der Waals surface area contributed by atoms with Crippen molar-refractivity contribution in [3.63, 3.8) is 0 Å². The average Bonchev–Trinajstić information content (AvgIpc) is 3.80. The monoisotopic (exact) mass is 505 g/mol. The number of nitrogens with one attached hydrogen (secondary N) is 1. The molecule has 6 rings (SSSR count). The summed E-state index contributed by atoms with van der Waals surface area (Å²) >= 11 is 0. The molecular weight excluding hydrogens is 484 g/mol. The number of carbonyl (C=O) groups is 2. The van der Waals surface area contributed by atoms with E-state index in [9.17, 15) is 23.9 Å². The Morgan fingerprint density at radius 1 is 1.05 bits per heavy atom. The van der Waals surface area contributed by atoms with Crippen molar-refractivity contribution < 1.29 is 48.6 Å². The van der Waals surface area contributed by atoms with Crippen molar-refractivity contribution in [2.24, 2.45) is 5.92 Å². The maximum Gasteiger partial charge on any atom is 1.00 e. The van der Waals surface area contributed by atoms with Crippen LogP contribution in [0, 0.1) is 11.7 Å². The summed E-state index contributed by atoms with van der Waals surface area (Å²) in [5.74, 6) is -3.01. The van der Waals surface area contributed by atoms with E-state index in [1.807, 2.05) is 18.2 Å². The number of carboxylic acids is 1. The van der Waals surface area contributed by atoms with Gasteiger partial charge < -0.3 is 19.8 Å². The van der Waals surface area contributed by atoms with Gasteiger partial charge in [-0.3, -0.25) is 9.59 Å². The molecule has 2 aliphatic rings. The number of rotatable bonds is 6. The first-order valence-electron chi connectivity index (χ1n) is 11.8. The molecule has 2 aromatic heterocycles. The van der Waals surface area contributed by atoms with Gasteiger partial charge in [0.2, 0.25) is 5.43 Å². The van der Waals surface area contributed by atoms with Gasteiger partial charge in [-0.2, -0.15) is 0 Å². The van der Waals surface area contributed by atoms with Gasteiger partial charge in [0.1, 0.15) is 17.0 Å². The van der Waals surface area contributed by atoms with Gasteiger partial charge in [0, 0.05) is 36.0 Å². The molecule has 0 aliphatic heterocycles. The molecule has 37 heavy (non-hydrogen) atoms. The third kappa shape index (κ3) is 4.84. The Labute approximate surface area is 233 Å². The van der Waals surface area contributed by atoms with Gasteiger partial charge in [0.15, 0.2) is 0 Å². The van der Waals surface area contributed by atoms with E-state index in [1.165, 1.54) is 12.3 Å². The molecule has 9 heteroatoms. The number of hydrogen-bond donors (Lipinski definition) is 1. The van der Waals surface area contributed by atoms with Crippen molar-refractivity contribution in [3.8, 4) is 16.8 Å².